The fourth-order valence-corrected chi connectivity index (χ4v) is 4.98. The van der Waals surface area contributed by atoms with Gasteiger partial charge in [0, 0.05) is 0 Å². The number of thiol groups is 3. The van der Waals surface area contributed by atoms with E-state index < -0.39 is 0 Å². The van der Waals surface area contributed by atoms with Gasteiger partial charge in [-0.15, -0.1) is 37.9 Å². The van der Waals surface area contributed by atoms with Gasteiger partial charge in [0.05, 0.1) is 0 Å². The molecule has 0 aliphatic heterocycles. The molecule has 0 atom stereocenters. The molecule has 0 aromatic carbocycles. The van der Waals surface area contributed by atoms with Gasteiger partial charge in [-0.05, 0) is 38.9 Å². The Morgan fingerprint density at radius 3 is 0.667 bits per heavy atom. The first-order valence-corrected chi connectivity index (χ1v) is 18.7. The summed E-state index contributed by atoms with van der Waals surface area (Å²) in [5.74, 6) is 0. The van der Waals surface area contributed by atoms with E-state index in [2.05, 4.69) is 73.6 Å². The van der Waals surface area contributed by atoms with Gasteiger partial charge < -0.3 is 17.2 Å². The van der Waals surface area contributed by atoms with Crippen molar-refractivity contribution in [1.82, 2.24) is 15.0 Å². The minimum absolute atomic E-state index is 0.333. The molecule has 0 radical (unpaired) electrons. The lowest BCUT2D eigenvalue weighted by atomic mass is 10.1. The molecule has 1 aromatic rings. The number of unbranched alkanes of at least 4 members (excludes halogenated alkanes) is 21. The summed E-state index contributed by atoms with van der Waals surface area (Å²) in [6, 6.07) is 0. The number of rotatable bonds is 24. The van der Waals surface area contributed by atoms with Crippen molar-refractivity contribution >= 4 is 37.9 Å². The normalized spacial score (nSPS) is 10.2. The second-order valence-electron chi connectivity index (χ2n) is 11.0. The van der Waals surface area contributed by atoms with Gasteiger partial charge in [-0.1, -0.05) is 156 Å². The van der Waals surface area contributed by atoms with Crippen LogP contribution in [0.3, 0.4) is 0 Å². The molecule has 0 fully saturated rings. The van der Waals surface area contributed by atoms with E-state index in [1.807, 2.05) is 0 Å². The minimum Gasteiger partial charge on any atom is -0.330 e. The highest BCUT2D eigenvalue weighted by atomic mass is 32.1. The number of nitrogens with two attached hydrogens (primary N) is 3. The van der Waals surface area contributed by atoms with E-state index in [1.165, 1.54) is 154 Å². The molecule has 6 nitrogen and oxygen atoms in total. The van der Waals surface area contributed by atoms with E-state index in [0.29, 0.717) is 15.5 Å². The van der Waals surface area contributed by atoms with Crippen LogP contribution >= 0.6 is 37.9 Å². The lowest BCUT2D eigenvalue weighted by Gasteiger charge is -1.99. The summed E-state index contributed by atoms with van der Waals surface area (Å²) in [5.41, 5.74) is 16.2. The monoisotopic (exact) mass is 648 g/mol. The lowest BCUT2D eigenvalue weighted by molar-refractivity contribution is 0.578. The average molecular weight is 649 g/mol. The van der Waals surface area contributed by atoms with E-state index >= 15 is 0 Å². The van der Waals surface area contributed by atoms with Crippen molar-refractivity contribution in [2.24, 2.45) is 17.2 Å². The van der Waals surface area contributed by atoms with Crippen LogP contribution in [-0.4, -0.2) is 34.6 Å². The van der Waals surface area contributed by atoms with Crippen LogP contribution in [0.2, 0.25) is 0 Å². The Balaban J connectivity index is -0.000000484. The summed E-state index contributed by atoms with van der Waals surface area (Å²) in [7, 11) is 0. The van der Waals surface area contributed by atoms with E-state index in [4.69, 9.17) is 17.2 Å². The molecule has 0 unspecified atom stereocenters. The summed E-state index contributed by atoms with van der Waals surface area (Å²) >= 11 is 11.6. The van der Waals surface area contributed by atoms with Crippen LogP contribution in [0.4, 0.5) is 0 Å². The number of nitrogens with zero attached hydrogens (tertiary/aromatic N) is 3. The molecular formula is C33H72N6S3. The molecule has 0 aliphatic rings. The smallest absolute Gasteiger partial charge is 0.189 e. The van der Waals surface area contributed by atoms with Crippen molar-refractivity contribution < 1.29 is 0 Å². The predicted molar refractivity (Wildman–Crippen MR) is 197 cm³/mol. The van der Waals surface area contributed by atoms with Crippen molar-refractivity contribution in [3.63, 3.8) is 0 Å². The lowest BCUT2D eigenvalue weighted by Crippen LogP contribution is -1.97. The third-order valence-corrected chi connectivity index (χ3v) is 7.37. The topological polar surface area (TPSA) is 117 Å². The Bertz CT molecular complexity index is 494. The average Bonchev–Trinajstić information content (AvgIpc) is 2.96. The van der Waals surface area contributed by atoms with Gasteiger partial charge in [0.1, 0.15) is 0 Å². The highest BCUT2D eigenvalue weighted by molar-refractivity contribution is 7.81. The summed E-state index contributed by atoms with van der Waals surface area (Å²) in [6.45, 7) is 9.39. The van der Waals surface area contributed by atoms with Crippen LogP contribution in [0.1, 0.15) is 175 Å². The molecule has 1 rings (SSSR count). The zero-order valence-corrected chi connectivity index (χ0v) is 30.7. The SMILES string of the molecule is CCCCCCCCCCN.CCCCCCCCCCN.CCCCCCCCCCN.Sc1nc(S)nc(S)n1. The molecule has 0 amide bonds. The van der Waals surface area contributed by atoms with Crippen LogP contribution in [0.25, 0.3) is 0 Å². The quantitative estimate of drug-likeness (QED) is 0.0491. The molecule has 9 heteroatoms. The zero-order chi connectivity index (χ0) is 31.9. The molecule has 1 heterocycles. The maximum atomic E-state index is 5.39. The summed E-state index contributed by atoms with van der Waals surface area (Å²) in [4.78, 5) is 11.1. The van der Waals surface area contributed by atoms with Crippen LogP contribution in [0, 0.1) is 0 Å². The van der Waals surface area contributed by atoms with Crippen LogP contribution in [0.15, 0.2) is 15.5 Å². The first-order chi connectivity index (χ1) is 20.4. The van der Waals surface area contributed by atoms with Crippen LogP contribution in [-0.2, 0) is 0 Å². The molecule has 42 heavy (non-hydrogen) atoms. The number of hydrogen-bond acceptors (Lipinski definition) is 9. The van der Waals surface area contributed by atoms with E-state index in [0.717, 1.165) is 19.6 Å². The highest BCUT2D eigenvalue weighted by Crippen LogP contribution is 2.09. The van der Waals surface area contributed by atoms with Crippen molar-refractivity contribution in [2.75, 3.05) is 19.6 Å². The first kappa shape index (κ1) is 46.4. The minimum atomic E-state index is 0.333. The predicted octanol–water partition coefficient (Wildman–Crippen LogP) is 10.00. The number of hydrogen-bond donors (Lipinski definition) is 6. The Kier molecular flexibility index (Phi) is 47.5. The molecular weight excluding hydrogens is 577 g/mol. The van der Waals surface area contributed by atoms with Gasteiger partial charge in [-0.25, -0.2) is 0 Å². The van der Waals surface area contributed by atoms with Gasteiger partial charge in [0.15, 0.2) is 15.5 Å². The Hall–Kier alpha value is -0.0600. The van der Waals surface area contributed by atoms with Crippen molar-refractivity contribution in [1.29, 1.82) is 0 Å². The maximum Gasteiger partial charge on any atom is 0.189 e. The molecule has 6 N–H and O–H groups in total. The van der Waals surface area contributed by atoms with Crippen LogP contribution < -0.4 is 17.2 Å². The third kappa shape index (κ3) is 46.9. The third-order valence-electron chi connectivity index (χ3n) is 6.77. The van der Waals surface area contributed by atoms with E-state index in [1.54, 1.807) is 0 Å². The van der Waals surface area contributed by atoms with Crippen molar-refractivity contribution in [2.45, 2.75) is 190 Å². The fourth-order valence-electron chi connectivity index (χ4n) is 4.18. The summed E-state index contributed by atoms with van der Waals surface area (Å²) in [6.07, 6.45) is 32.9. The maximum absolute atomic E-state index is 5.39. The van der Waals surface area contributed by atoms with E-state index in [9.17, 15) is 0 Å². The van der Waals surface area contributed by atoms with Gasteiger partial charge in [-0.2, -0.15) is 15.0 Å². The van der Waals surface area contributed by atoms with Gasteiger partial charge in [0.2, 0.25) is 0 Å². The second-order valence-corrected chi connectivity index (χ2v) is 12.2. The van der Waals surface area contributed by atoms with Gasteiger partial charge in [0.25, 0.3) is 0 Å². The molecule has 252 valence electrons. The molecule has 0 spiro atoms. The Morgan fingerprint density at radius 2 is 0.500 bits per heavy atom. The van der Waals surface area contributed by atoms with Gasteiger partial charge >= 0.3 is 0 Å². The largest absolute Gasteiger partial charge is 0.330 e. The van der Waals surface area contributed by atoms with Crippen molar-refractivity contribution in [3.8, 4) is 0 Å². The molecule has 0 aliphatic carbocycles. The Labute approximate surface area is 279 Å². The summed E-state index contributed by atoms with van der Waals surface area (Å²) < 4.78 is 0. The summed E-state index contributed by atoms with van der Waals surface area (Å²) in [5, 5.41) is 1.00. The molecule has 0 saturated carbocycles. The van der Waals surface area contributed by atoms with Gasteiger partial charge in [-0.3, -0.25) is 0 Å². The fraction of sp³-hybridized carbons (Fsp3) is 0.909. The molecule has 1 aromatic heterocycles. The molecule has 0 bridgehead atoms. The molecule has 0 saturated heterocycles. The first-order valence-electron chi connectivity index (χ1n) is 17.4. The highest BCUT2D eigenvalue weighted by Gasteiger charge is 1.94. The second kappa shape index (κ2) is 43.1. The van der Waals surface area contributed by atoms with Crippen molar-refractivity contribution in [3.05, 3.63) is 0 Å². The Morgan fingerprint density at radius 1 is 0.333 bits per heavy atom. The van der Waals surface area contributed by atoms with Crippen LogP contribution in [0.5, 0.6) is 0 Å². The zero-order valence-electron chi connectivity index (χ0n) is 28.0. The number of aromatic nitrogens is 3. The van der Waals surface area contributed by atoms with E-state index in [-0.39, 0.29) is 0 Å². The standard InChI is InChI=1S/3C10H23N.C3H3N3S3/c3*1-2-3-4-5-6-7-8-9-10-11;7-1-4-2(8)6-3(9)5-1/h3*2-11H2,1H3;(H3,4,5,6,7,8,9).